The van der Waals surface area contributed by atoms with Gasteiger partial charge >= 0.3 is 0 Å². The second-order valence-corrected chi connectivity index (χ2v) is 10.0. The molecule has 0 amide bonds. The number of aromatic nitrogens is 2. The van der Waals surface area contributed by atoms with E-state index in [1.54, 1.807) is 6.92 Å². The van der Waals surface area contributed by atoms with Crippen LogP contribution in [0.1, 0.15) is 42.4 Å². The summed E-state index contributed by atoms with van der Waals surface area (Å²) < 4.78 is 70.3. The molecule has 1 aromatic carbocycles. The fourth-order valence-corrected chi connectivity index (χ4v) is 4.91. The molecule has 5 nitrogen and oxygen atoms in total. The maximum absolute atomic E-state index is 13.6. The molecule has 1 heterocycles. The number of hydrogen-bond donors (Lipinski definition) is 1. The zero-order valence-corrected chi connectivity index (χ0v) is 16.7. The van der Waals surface area contributed by atoms with Gasteiger partial charge in [0.15, 0.2) is 14.9 Å². The molecule has 1 aromatic heterocycles. The molecule has 10 heteroatoms. The van der Waals surface area contributed by atoms with Gasteiger partial charge in [-0.3, -0.25) is 0 Å². The van der Waals surface area contributed by atoms with Gasteiger partial charge in [0, 0.05) is 18.1 Å². The Morgan fingerprint density at radius 2 is 2.00 bits per heavy atom. The van der Waals surface area contributed by atoms with Crippen molar-refractivity contribution >= 4 is 21.4 Å². The van der Waals surface area contributed by atoms with Crippen LogP contribution in [-0.2, 0) is 14.6 Å². The van der Waals surface area contributed by atoms with E-state index in [0.29, 0.717) is 11.3 Å². The summed E-state index contributed by atoms with van der Waals surface area (Å²) >= 11 is 5.88. The summed E-state index contributed by atoms with van der Waals surface area (Å²) in [5.41, 5.74) is -0.193. The van der Waals surface area contributed by atoms with Gasteiger partial charge in [0.1, 0.15) is 17.7 Å². The van der Waals surface area contributed by atoms with E-state index in [4.69, 9.17) is 16.3 Å². The largest absolute Gasteiger partial charge is 0.362 e. The number of nitrogens with zero attached hydrogens (tertiary/aromatic N) is 1. The molecule has 0 bridgehead atoms. The molecule has 2 aliphatic rings. The first-order valence-electron chi connectivity index (χ1n) is 8.67. The predicted octanol–water partition coefficient (Wildman–Crippen LogP) is 4.21. The fourth-order valence-electron chi connectivity index (χ4n) is 3.85. The highest BCUT2D eigenvalue weighted by Crippen LogP contribution is 2.71. The molecule has 2 saturated carbocycles. The van der Waals surface area contributed by atoms with Gasteiger partial charge in [-0.2, -0.15) is 0 Å². The molecule has 1 spiro atoms. The highest BCUT2D eigenvalue weighted by molar-refractivity contribution is 7.90. The molecule has 2 fully saturated rings. The topological polar surface area (TPSA) is 72.0 Å². The average molecular weight is 435 g/mol. The molecule has 28 heavy (non-hydrogen) atoms. The highest BCUT2D eigenvalue weighted by Gasteiger charge is 2.76. The minimum absolute atomic E-state index is 0.122. The number of hydrogen-bond acceptors (Lipinski definition) is 4. The summed E-state index contributed by atoms with van der Waals surface area (Å²) in [6.45, 7) is 1.56. The van der Waals surface area contributed by atoms with Crippen LogP contribution >= 0.6 is 11.6 Å². The van der Waals surface area contributed by atoms with E-state index in [1.807, 2.05) is 0 Å². The van der Waals surface area contributed by atoms with Crippen molar-refractivity contribution in [2.75, 3.05) is 6.26 Å². The van der Waals surface area contributed by atoms with Crippen LogP contribution in [0.25, 0.3) is 0 Å². The lowest BCUT2D eigenvalue weighted by atomic mass is 9.78. The number of aryl methyl sites for hydroxylation is 1. The van der Waals surface area contributed by atoms with E-state index < -0.39 is 39.2 Å². The molecule has 1 atom stereocenters. The number of H-pyrrole nitrogens is 1. The van der Waals surface area contributed by atoms with Gasteiger partial charge in [-0.1, -0.05) is 17.7 Å². The molecule has 2 aromatic rings. The molecule has 2 aliphatic carbocycles. The third-order valence-electron chi connectivity index (χ3n) is 5.48. The van der Waals surface area contributed by atoms with Crippen LogP contribution in [0.2, 0.25) is 5.02 Å². The van der Waals surface area contributed by atoms with Crippen LogP contribution in [0.5, 0.6) is 0 Å². The first-order valence-corrected chi connectivity index (χ1v) is 10.9. The molecular weight excluding hydrogens is 417 g/mol. The van der Waals surface area contributed by atoms with E-state index in [2.05, 4.69) is 9.97 Å². The highest BCUT2D eigenvalue weighted by atomic mass is 35.5. The minimum atomic E-state index is -3.57. The Bertz CT molecular complexity index is 1050. The lowest BCUT2D eigenvalue weighted by molar-refractivity contribution is -0.104. The van der Waals surface area contributed by atoms with Gasteiger partial charge in [0.25, 0.3) is 5.92 Å². The van der Waals surface area contributed by atoms with Gasteiger partial charge < -0.3 is 9.72 Å². The van der Waals surface area contributed by atoms with E-state index in [-0.39, 0.29) is 35.1 Å². The molecular formula is C18H18ClF3N2O3S. The van der Waals surface area contributed by atoms with Crippen molar-refractivity contribution in [1.29, 1.82) is 0 Å². The first kappa shape index (κ1) is 19.7. The fraction of sp³-hybridized carbons (Fsp3) is 0.500. The Balaban J connectivity index is 1.65. The Hall–Kier alpha value is -1.58. The summed E-state index contributed by atoms with van der Waals surface area (Å²) in [5, 5.41) is -0.250. The van der Waals surface area contributed by atoms with Crippen LogP contribution < -0.4 is 0 Å². The number of nitrogens with one attached hydrogen (secondary N) is 1. The van der Waals surface area contributed by atoms with Gasteiger partial charge in [0.05, 0.1) is 16.8 Å². The van der Waals surface area contributed by atoms with Crippen LogP contribution in [0, 0.1) is 18.2 Å². The van der Waals surface area contributed by atoms with E-state index in [0.717, 1.165) is 6.26 Å². The number of imidazole rings is 1. The van der Waals surface area contributed by atoms with Crippen LogP contribution in [0.4, 0.5) is 13.2 Å². The molecule has 0 saturated heterocycles. The summed E-state index contributed by atoms with van der Waals surface area (Å²) in [6, 6.07) is 3.97. The number of ether oxygens (including phenoxy) is 1. The average Bonchev–Trinajstić information content (AvgIpc) is 2.91. The molecule has 0 aliphatic heterocycles. The standard InChI is InChI=1S/C18H18ClF3N2O3S/c1-9-16(28(2,25)26)24-15(23-9)14(10-3-4-13(20)12(19)5-10)27-11-6-17(7-11)8-18(17,21)22/h3-5,11,14H,6-8H2,1-2H3,(H,23,24). The number of rotatable bonds is 5. The molecule has 1 unspecified atom stereocenters. The number of halogens is 4. The van der Waals surface area contributed by atoms with E-state index in [9.17, 15) is 21.6 Å². The Morgan fingerprint density at radius 3 is 2.50 bits per heavy atom. The zero-order chi connectivity index (χ0) is 20.5. The van der Waals surface area contributed by atoms with Gasteiger partial charge in [0.2, 0.25) is 0 Å². The smallest absolute Gasteiger partial charge is 0.254 e. The zero-order valence-electron chi connectivity index (χ0n) is 15.1. The predicted molar refractivity (Wildman–Crippen MR) is 95.8 cm³/mol. The third-order valence-corrected chi connectivity index (χ3v) is 6.87. The van der Waals surface area contributed by atoms with Gasteiger partial charge in [-0.05, 0) is 37.5 Å². The first-order chi connectivity index (χ1) is 12.9. The quantitative estimate of drug-likeness (QED) is 0.765. The van der Waals surface area contributed by atoms with Crippen LogP contribution in [0.3, 0.4) is 0 Å². The normalized spacial score (nSPS) is 26.9. The molecule has 4 rings (SSSR count). The number of benzene rings is 1. The van der Waals surface area contributed by atoms with Crippen LogP contribution in [-0.4, -0.2) is 36.7 Å². The van der Waals surface area contributed by atoms with Crippen molar-refractivity contribution in [1.82, 2.24) is 9.97 Å². The number of alkyl halides is 2. The number of aromatic amines is 1. The summed E-state index contributed by atoms with van der Waals surface area (Å²) in [4.78, 5) is 7.04. The van der Waals surface area contributed by atoms with Crippen molar-refractivity contribution in [3.8, 4) is 0 Å². The minimum Gasteiger partial charge on any atom is -0.362 e. The summed E-state index contributed by atoms with van der Waals surface area (Å²) in [7, 11) is -3.57. The second kappa shape index (κ2) is 6.21. The van der Waals surface area contributed by atoms with E-state index >= 15 is 0 Å². The molecule has 0 radical (unpaired) electrons. The maximum Gasteiger partial charge on any atom is 0.254 e. The van der Waals surface area contributed by atoms with E-state index in [1.165, 1.54) is 18.2 Å². The third kappa shape index (κ3) is 3.23. The molecule has 152 valence electrons. The lowest BCUT2D eigenvalue weighted by Crippen LogP contribution is -2.37. The van der Waals surface area contributed by atoms with Crippen molar-refractivity contribution in [3.63, 3.8) is 0 Å². The van der Waals surface area contributed by atoms with Gasteiger partial charge in [-0.15, -0.1) is 0 Å². The Kier molecular flexibility index (Phi) is 4.37. The monoisotopic (exact) mass is 434 g/mol. The summed E-state index contributed by atoms with van der Waals surface area (Å²) in [5.74, 6) is -3.06. The SMILES string of the molecule is Cc1[nH]c(C(OC2CC3(C2)CC3(F)F)c2ccc(F)c(Cl)c2)nc1S(C)(=O)=O. The lowest BCUT2D eigenvalue weighted by Gasteiger charge is -2.37. The molecule has 1 N–H and O–H groups in total. The number of sulfone groups is 1. The second-order valence-electron chi connectivity index (χ2n) is 7.71. The van der Waals surface area contributed by atoms with Crippen molar-refractivity contribution in [2.45, 2.75) is 49.3 Å². The Morgan fingerprint density at radius 1 is 1.36 bits per heavy atom. The Labute approximate surface area is 165 Å². The van der Waals surface area contributed by atoms with Crippen LogP contribution in [0.15, 0.2) is 23.2 Å². The van der Waals surface area contributed by atoms with Crippen molar-refractivity contribution in [3.05, 3.63) is 46.1 Å². The van der Waals surface area contributed by atoms with Crippen molar-refractivity contribution < 1.29 is 26.3 Å². The van der Waals surface area contributed by atoms with Gasteiger partial charge in [-0.25, -0.2) is 26.6 Å². The van der Waals surface area contributed by atoms with Crippen molar-refractivity contribution in [2.24, 2.45) is 5.41 Å². The maximum atomic E-state index is 13.6. The summed E-state index contributed by atoms with van der Waals surface area (Å²) in [6.07, 6.45) is 0.00506.